The Morgan fingerprint density at radius 1 is 1.08 bits per heavy atom. The molecule has 25 heavy (non-hydrogen) atoms. The highest BCUT2D eigenvalue weighted by Crippen LogP contribution is 2.55. The first kappa shape index (κ1) is 17.2. The summed E-state index contributed by atoms with van der Waals surface area (Å²) in [7, 11) is 0. The molecule has 1 amide bonds. The standard InChI is InChI=1S/C19H21Cl2NO3/c20-14-1-2-15(16(21)6-14)18(24)25-10-17(23)22-19-7-11-3-12(8-19)5-13(4-11)9-19/h1-2,6,11-13H,3-5,7-10H2,(H,22,23). The monoisotopic (exact) mass is 381 g/mol. The van der Waals surface area contributed by atoms with Gasteiger partial charge in [-0.3, -0.25) is 4.79 Å². The Kier molecular flexibility index (Phi) is 4.45. The van der Waals surface area contributed by atoms with Crippen LogP contribution in [0.15, 0.2) is 18.2 Å². The minimum absolute atomic E-state index is 0.0733. The van der Waals surface area contributed by atoms with E-state index in [-0.39, 0.29) is 28.6 Å². The fourth-order valence-corrected chi connectivity index (χ4v) is 5.95. The highest BCUT2D eigenvalue weighted by molar-refractivity contribution is 6.36. The molecule has 0 saturated heterocycles. The first-order valence-corrected chi connectivity index (χ1v) is 9.61. The van der Waals surface area contributed by atoms with Crippen molar-refractivity contribution in [1.29, 1.82) is 0 Å². The Bertz CT molecular complexity index is 683. The molecule has 0 atom stereocenters. The molecule has 4 saturated carbocycles. The van der Waals surface area contributed by atoms with Crippen molar-refractivity contribution in [2.75, 3.05) is 6.61 Å². The molecule has 4 aliphatic rings. The fraction of sp³-hybridized carbons (Fsp3) is 0.579. The second-order valence-electron chi connectivity index (χ2n) is 7.95. The van der Waals surface area contributed by atoms with E-state index in [1.807, 2.05) is 0 Å². The van der Waals surface area contributed by atoms with Crippen LogP contribution >= 0.6 is 23.2 Å². The van der Waals surface area contributed by atoms with Gasteiger partial charge in [-0.2, -0.15) is 0 Å². The summed E-state index contributed by atoms with van der Waals surface area (Å²) in [5.41, 5.74) is 0.143. The van der Waals surface area contributed by atoms with E-state index in [1.54, 1.807) is 6.07 Å². The first-order valence-electron chi connectivity index (χ1n) is 8.86. The Balaban J connectivity index is 1.34. The number of hydrogen-bond donors (Lipinski definition) is 1. The van der Waals surface area contributed by atoms with E-state index in [9.17, 15) is 9.59 Å². The Morgan fingerprint density at radius 3 is 2.24 bits per heavy atom. The number of nitrogens with one attached hydrogen (secondary N) is 1. The molecule has 1 N–H and O–H groups in total. The largest absolute Gasteiger partial charge is 0.452 e. The highest BCUT2D eigenvalue weighted by atomic mass is 35.5. The van der Waals surface area contributed by atoms with Crippen LogP contribution in [-0.4, -0.2) is 24.0 Å². The molecule has 0 unspecified atom stereocenters. The van der Waals surface area contributed by atoms with E-state index in [0.29, 0.717) is 5.02 Å². The first-order chi connectivity index (χ1) is 11.9. The van der Waals surface area contributed by atoms with Crippen molar-refractivity contribution >= 4 is 35.1 Å². The zero-order chi connectivity index (χ0) is 17.6. The third-order valence-corrected chi connectivity index (χ3v) is 6.48. The van der Waals surface area contributed by atoms with Gasteiger partial charge >= 0.3 is 5.97 Å². The van der Waals surface area contributed by atoms with E-state index < -0.39 is 5.97 Å². The van der Waals surface area contributed by atoms with Crippen LogP contribution in [0.1, 0.15) is 48.9 Å². The third-order valence-electron chi connectivity index (χ3n) is 5.93. The molecule has 0 spiro atoms. The zero-order valence-corrected chi connectivity index (χ0v) is 15.4. The minimum atomic E-state index is -0.609. The lowest BCUT2D eigenvalue weighted by Gasteiger charge is -2.56. The van der Waals surface area contributed by atoms with Gasteiger partial charge in [0, 0.05) is 10.6 Å². The van der Waals surface area contributed by atoms with Gasteiger partial charge in [-0.05, 0) is 74.5 Å². The molecule has 1 aromatic carbocycles. The van der Waals surface area contributed by atoms with E-state index in [2.05, 4.69) is 5.32 Å². The van der Waals surface area contributed by atoms with Crippen molar-refractivity contribution in [3.8, 4) is 0 Å². The molecule has 4 fully saturated rings. The Labute approximate surface area is 157 Å². The van der Waals surface area contributed by atoms with Crippen molar-refractivity contribution in [2.24, 2.45) is 17.8 Å². The van der Waals surface area contributed by atoms with Gasteiger partial charge in [-0.15, -0.1) is 0 Å². The van der Waals surface area contributed by atoms with Gasteiger partial charge in [0.2, 0.25) is 0 Å². The fourth-order valence-electron chi connectivity index (χ4n) is 5.46. The number of ether oxygens (including phenoxy) is 1. The summed E-state index contributed by atoms with van der Waals surface area (Å²) in [6.45, 7) is -0.278. The number of hydrogen-bond acceptors (Lipinski definition) is 3. The lowest BCUT2D eigenvalue weighted by Crippen LogP contribution is -2.60. The van der Waals surface area contributed by atoms with E-state index in [0.717, 1.165) is 37.0 Å². The summed E-state index contributed by atoms with van der Waals surface area (Å²) in [5.74, 6) is 1.42. The summed E-state index contributed by atoms with van der Waals surface area (Å²) < 4.78 is 5.15. The van der Waals surface area contributed by atoms with Crippen LogP contribution in [0.4, 0.5) is 0 Å². The van der Waals surface area contributed by atoms with Crippen LogP contribution in [-0.2, 0) is 9.53 Å². The number of carbonyl (C=O) groups is 2. The molecular weight excluding hydrogens is 361 g/mol. The predicted octanol–water partition coefficient (Wildman–Crippen LogP) is 4.24. The highest BCUT2D eigenvalue weighted by Gasteiger charge is 2.51. The molecule has 4 nitrogen and oxygen atoms in total. The van der Waals surface area contributed by atoms with Gasteiger partial charge in [0.15, 0.2) is 6.61 Å². The Morgan fingerprint density at radius 2 is 1.68 bits per heavy atom. The van der Waals surface area contributed by atoms with Crippen LogP contribution in [0.3, 0.4) is 0 Å². The summed E-state index contributed by atoms with van der Waals surface area (Å²) >= 11 is 11.8. The number of esters is 1. The lowest BCUT2D eigenvalue weighted by molar-refractivity contribution is -0.130. The van der Waals surface area contributed by atoms with Gasteiger partial charge in [0.25, 0.3) is 5.91 Å². The molecular formula is C19H21Cl2NO3. The van der Waals surface area contributed by atoms with Gasteiger partial charge in [-0.25, -0.2) is 4.79 Å². The van der Waals surface area contributed by atoms with Crippen LogP contribution < -0.4 is 5.32 Å². The van der Waals surface area contributed by atoms with Crippen molar-refractivity contribution in [3.63, 3.8) is 0 Å². The maximum Gasteiger partial charge on any atom is 0.340 e. The number of amides is 1. The molecule has 0 heterocycles. The van der Waals surface area contributed by atoms with Crippen LogP contribution in [0.25, 0.3) is 0 Å². The SMILES string of the molecule is O=C(COC(=O)c1ccc(Cl)cc1Cl)NC12CC3CC(CC(C3)C1)C2. The van der Waals surface area contributed by atoms with Crippen molar-refractivity contribution < 1.29 is 14.3 Å². The van der Waals surface area contributed by atoms with E-state index in [4.69, 9.17) is 27.9 Å². The Hall–Kier alpha value is -1.26. The van der Waals surface area contributed by atoms with Gasteiger partial charge in [0.05, 0.1) is 10.6 Å². The molecule has 5 rings (SSSR count). The van der Waals surface area contributed by atoms with Gasteiger partial charge in [0.1, 0.15) is 0 Å². The average Bonchev–Trinajstić information content (AvgIpc) is 2.50. The van der Waals surface area contributed by atoms with Gasteiger partial charge in [-0.1, -0.05) is 23.2 Å². The van der Waals surface area contributed by atoms with Crippen molar-refractivity contribution in [3.05, 3.63) is 33.8 Å². The molecule has 0 aliphatic heterocycles. The van der Waals surface area contributed by atoms with Crippen molar-refractivity contribution in [2.45, 2.75) is 44.1 Å². The maximum atomic E-state index is 12.4. The quantitative estimate of drug-likeness (QED) is 0.793. The smallest absolute Gasteiger partial charge is 0.340 e. The van der Waals surface area contributed by atoms with Crippen LogP contribution in [0.2, 0.25) is 10.0 Å². The lowest BCUT2D eigenvalue weighted by atomic mass is 9.53. The summed E-state index contributed by atoms with van der Waals surface area (Å²) in [4.78, 5) is 24.5. The predicted molar refractivity (Wildman–Crippen MR) is 95.8 cm³/mol. The van der Waals surface area contributed by atoms with Crippen molar-refractivity contribution in [1.82, 2.24) is 5.32 Å². The molecule has 4 aliphatic carbocycles. The number of carbonyl (C=O) groups excluding carboxylic acids is 2. The molecule has 134 valence electrons. The number of rotatable bonds is 4. The number of halogens is 2. The summed E-state index contributed by atoms with van der Waals surface area (Å²) in [6, 6.07) is 4.55. The normalized spacial score (nSPS) is 32.5. The molecule has 0 aromatic heterocycles. The molecule has 0 radical (unpaired) electrons. The zero-order valence-electron chi connectivity index (χ0n) is 13.9. The van der Waals surface area contributed by atoms with Gasteiger partial charge < -0.3 is 10.1 Å². The summed E-state index contributed by atoms with van der Waals surface area (Å²) in [6.07, 6.45) is 7.17. The second kappa shape index (κ2) is 6.48. The average molecular weight is 382 g/mol. The molecule has 1 aromatic rings. The van der Waals surface area contributed by atoms with E-state index >= 15 is 0 Å². The summed E-state index contributed by atoms with van der Waals surface area (Å²) in [5, 5.41) is 3.85. The third kappa shape index (κ3) is 3.52. The molecule has 4 bridgehead atoms. The second-order valence-corrected chi connectivity index (χ2v) is 8.79. The number of benzene rings is 1. The molecule has 6 heteroatoms. The maximum absolute atomic E-state index is 12.4. The minimum Gasteiger partial charge on any atom is -0.452 e. The van der Waals surface area contributed by atoms with Crippen LogP contribution in [0, 0.1) is 17.8 Å². The van der Waals surface area contributed by atoms with Crippen LogP contribution in [0.5, 0.6) is 0 Å². The topological polar surface area (TPSA) is 55.4 Å². The van der Waals surface area contributed by atoms with E-state index in [1.165, 1.54) is 31.4 Å².